The third kappa shape index (κ3) is 3.48. The largest absolute Gasteiger partial charge is 0.496 e. The predicted molar refractivity (Wildman–Crippen MR) is 76.6 cm³/mol. The molecule has 0 bridgehead atoms. The molecule has 4 nitrogen and oxygen atoms in total. The molecule has 1 fully saturated rings. The summed E-state index contributed by atoms with van der Waals surface area (Å²) in [6.45, 7) is 3.43. The summed E-state index contributed by atoms with van der Waals surface area (Å²) in [6.07, 6.45) is 1.66. The van der Waals surface area contributed by atoms with Gasteiger partial charge in [0.2, 0.25) is 0 Å². The van der Waals surface area contributed by atoms with Gasteiger partial charge in [-0.15, -0.1) is 0 Å². The Hall–Kier alpha value is -1.07. The molecule has 0 spiro atoms. The zero-order chi connectivity index (χ0) is 13.9. The van der Waals surface area contributed by atoms with Crippen LogP contribution in [-0.4, -0.2) is 31.8 Å². The molecule has 1 saturated heterocycles. The number of rotatable bonds is 3. The van der Waals surface area contributed by atoms with Crippen LogP contribution in [0.1, 0.15) is 30.1 Å². The Balaban J connectivity index is 2.15. The monoisotopic (exact) mass is 327 g/mol. The van der Waals surface area contributed by atoms with Crippen LogP contribution in [0.5, 0.6) is 5.75 Å². The molecule has 0 aliphatic carbocycles. The SMILES string of the molecule is COc1cc(Br)ccc1C(=O)NC1(C)CCOCC1. The fraction of sp³-hybridized carbons (Fsp3) is 0.500. The Bertz CT molecular complexity index is 470. The van der Waals surface area contributed by atoms with Crippen molar-refractivity contribution in [2.75, 3.05) is 20.3 Å². The summed E-state index contributed by atoms with van der Waals surface area (Å²) in [5.74, 6) is 0.469. The lowest BCUT2D eigenvalue weighted by molar-refractivity contribution is 0.0422. The van der Waals surface area contributed by atoms with Gasteiger partial charge in [-0.2, -0.15) is 0 Å². The van der Waals surface area contributed by atoms with Gasteiger partial charge in [-0.05, 0) is 38.0 Å². The van der Waals surface area contributed by atoms with Crippen LogP contribution in [0.25, 0.3) is 0 Å². The van der Waals surface area contributed by atoms with Crippen LogP contribution >= 0.6 is 15.9 Å². The van der Waals surface area contributed by atoms with Crippen LogP contribution in [0.3, 0.4) is 0 Å². The topological polar surface area (TPSA) is 47.6 Å². The summed E-state index contributed by atoms with van der Waals surface area (Å²) in [4.78, 5) is 12.4. The molecular weight excluding hydrogens is 310 g/mol. The van der Waals surface area contributed by atoms with Crippen molar-refractivity contribution in [3.8, 4) is 5.75 Å². The predicted octanol–water partition coefficient (Wildman–Crippen LogP) is 2.76. The van der Waals surface area contributed by atoms with Crippen molar-refractivity contribution in [1.29, 1.82) is 0 Å². The first-order valence-corrected chi connectivity index (χ1v) is 7.07. The maximum Gasteiger partial charge on any atom is 0.255 e. The van der Waals surface area contributed by atoms with E-state index < -0.39 is 0 Å². The van der Waals surface area contributed by atoms with Gasteiger partial charge in [-0.3, -0.25) is 4.79 Å². The molecule has 2 rings (SSSR count). The first kappa shape index (κ1) is 14.3. The van der Waals surface area contributed by atoms with E-state index in [9.17, 15) is 4.79 Å². The maximum absolute atomic E-state index is 12.4. The molecule has 1 aliphatic rings. The third-order valence-corrected chi connectivity index (χ3v) is 3.91. The van der Waals surface area contributed by atoms with Crippen LogP contribution in [0.2, 0.25) is 0 Å². The van der Waals surface area contributed by atoms with Gasteiger partial charge in [0.15, 0.2) is 0 Å². The summed E-state index contributed by atoms with van der Waals surface area (Å²) < 4.78 is 11.5. The molecule has 5 heteroatoms. The van der Waals surface area contributed by atoms with Crippen LogP contribution in [0, 0.1) is 0 Å². The average molecular weight is 328 g/mol. The number of carbonyl (C=O) groups excluding carboxylic acids is 1. The van der Waals surface area contributed by atoms with Crippen molar-refractivity contribution in [3.63, 3.8) is 0 Å². The van der Waals surface area contributed by atoms with Crippen molar-refractivity contribution in [2.45, 2.75) is 25.3 Å². The van der Waals surface area contributed by atoms with E-state index in [2.05, 4.69) is 28.2 Å². The molecule has 19 heavy (non-hydrogen) atoms. The number of amides is 1. The molecule has 0 radical (unpaired) electrons. The van der Waals surface area contributed by atoms with Crippen molar-refractivity contribution in [2.24, 2.45) is 0 Å². The van der Waals surface area contributed by atoms with E-state index >= 15 is 0 Å². The van der Waals surface area contributed by atoms with E-state index in [1.54, 1.807) is 19.2 Å². The number of carbonyl (C=O) groups is 1. The molecular formula is C14H18BrNO3. The maximum atomic E-state index is 12.4. The highest BCUT2D eigenvalue weighted by Crippen LogP contribution is 2.25. The highest BCUT2D eigenvalue weighted by atomic mass is 79.9. The summed E-state index contributed by atoms with van der Waals surface area (Å²) in [5, 5.41) is 3.09. The molecule has 1 aliphatic heterocycles. The minimum absolute atomic E-state index is 0.103. The summed E-state index contributed by atoms with van der Waals surface area (Å²) >= 11 is 3.37. The Morgan fingerprint density at radius 1 is 1.42 bits per heavy atom. The number of benzene rings is 1. The smallest absolute Gasteiger partial charge is 0.255 e. The van der Waals surface area contributed by atoms with Gasteiger partial charge in [0, 0.05) is 23.2 Å². The first-order chi connectivity index (χ1) is 9.04. The van der Waals surface area contributed by atoms with Gasteiger partial charge in [-0.25, -0.2) is 0 Å². The molecule has 104 valence electrons. The minimum Gasteiger partial charge on any atom is -0.496 e. The van der Waals surface area contributed by atoms with Crippen molar-refractivity contribution in [1.82, 2.24) is 5.32 Å². The molecule has 1 amide bonds. The highest BCUT2D eigenvalue weighted by molar-refractivity contribution is 9.10. The fourth-order valence-corrected chi connectivity index (χ4v) is 2.48. The lowest BCUT2D eigenvalue weighted by atomic mass is 9.92. The first-order valence-electron chi connectivity index (χ1n) is 6.28. The number of ether oxygens (including phenoxy) is 2. The van der Waals surface area contributed by atoms with Gasteiger partial charge in [0.05, 0.1) is 12.7 Å². The second-order valence-electron chi connectivity index (χ2n) is 4.97. The Kier molecular flexibility index (Phi) is 4.47. The van der Waals surface area contributed by atoms with E-state index in [1.165, 1.54) is 0 Å². The fourth-order valence-electron chi connectivity index (χ4n) is 2.14. The van der Waals surface area contributed by atoms with Crippen LogP contribution in [0.15, 0.2) is 22.7 Å². The number of nitrogens with one attached hydrogen (secondary N) is 1. The van der Waals surface area contributed by atoms with Crippen LogP contribution in [0.4, 0.5) is 0 Å². The second-order valence-corrected chi connectivity index (χ2v) is 5.89. The van der Waals surface area contributed by atoms with E-state index in [1.807, 2.05) is 6.07 Å². The molecule has 0 atom stereocenters. The number of halogens is 1. The number of hydrogen-bond donors (Lipinski definition) is 1. The Morgan fingerprint density at radius 3 is 2.74 bits per heavy atom. The molecule has 1 heterocycles. The zero-order valence-electron chi connectivity index (χ0n) is 11.2. The van der Waals surface area contributed by atoms with Gasteiger partial charge in [-0.1, -0.05) is 15.9 Å². The van der Waals surface area contributed by atoms with Gasteiger partial charge in [0.1, 0.15) is 5.75 Å². The molecule has 0 unspecified atom stereocenters. The minimum atomic E-state index is -0.201. The lowest BCUT2D eigenvalue weighted by Crippen LogP contribution is -2.49. The van der Waals surface area contributed by atoms with Gasteiger partial charge < -0.3 is 14.8 Å². The quantitative estimate of drug-likeness (QED) is 0.928. The molecule has 1 aromatic carbocycles. The molecule has 1 aromatic rings. The molecule has 0 aromatic heterocycles. The van der Waals surface area contributed by atoms with Gasteiger partial charge in [0.25, 0.3) is 5.91 Å². The number of hydrogen-bond acceptors (Lipinski definition) is 3. The summed E-state index contributed by atoms with van der Waals surface area (Å²) in [6, 6.07) is 5.39. The second kappa shape index (κ2) is 5.92. The van der Waals surface area contributed by atoms with Gasteiger partial charge >= 0.3 is 0 Å². The van der Waals surface area contributed by atoms with Crippen LogP contribution in [-0.2, 0) is 4.74 Å². The van der Waals surface area contributed by atoms with Crippen molar-refractivity contribution < 1.29 is 14.3 Å². The van der Waals surface area contributed by atoms with E-state index in [0.29, 0.717) is 24.5 Å². The van der Waals surface area contributed by atoms with E-state index in [0.717, 1.165) is 17.3 Å². The summed E-state index contributed by atoms with van der Waals surface area (Å²) in [5.41, 5.74) is 0.353. The zero-order valence-corrected chi connectivity index (χ0v) is 12.7. The number of methoxy groups -OCH3 is 1. The lowest BCUT2D eigenvalue weighted by Gasteiger charge is -2.34. The molecule has 0 saturated carbocycles. The van der Waals surface area contributed by atoms with E-state index in [-0.39, 0.29) is 11.4 Å². The van der Waals surface area contributed by atoms with E-state index in [4.69, 9.17) is 9.47 Å². The Labute approximate surface area is 121 Å². The normalized spacial score (nSPS) is 17.8. The summed E-state index contributed by atoms with van der Waals surface area (Å²) in [7, 11) is 1.56. The van der Waals surface area contributed by atoms with Crippen molar-refractivity contribution >= 4 is 21.8 Å². The van der Waals surface area contributed by atoms with Crippen LogP contribution < -0.4 is 10.1 Å². The average Bonchev–Trinajstić information content (AvgIpc) is 2.38. The third-order valence-electron chi connectivity index (χ3n) is 3.42. The standard InChI is InChI=1S/C14H18BrNO3/c1-14(5-7-19-8-6-14)16-13(17)11-4-3-10(15)9-12(11)18-2/h3-4,9H,5-8H2,1-2H3,(H,16,17). The highest BCUT2D eigenvalue weighted by Gasteiger charge is 2.30. The van der Waals surface area contributed by atoms with Crippen molar-refractivity contribution in [3.05, 3.63) is 28.2 Å². The Morgan fingerprint density at radius 2 is 2.11 bits per heavy atom. The molecule has 1 N–H and O–H groups in total.